The molecule has 0 fully saturated rings. The molecule has 60 heavy (non-hydrogen) atoms. The van der Waals surface area contributed by atoms with Gasteiger partial charge in [-0.3, -0.25) is 14.2 Å². The first kappa shape index (κ1) is 55.0. The third kappa shape index (κ3) is 30.1. The van der Waals surface area contributed by atoms with Gasteiger partial charge in [-0.2, -0.15) is 0 Å². The monoisotopic (exact) mass is 862 g/mol. The number of phosphoric ester groups is 1. The predicted octanol–water partition coefficient (Wildman–Crippen LogP) is 10.5. The molecule has 1 rings (SSSR count). The van der Waals surface area contributed by atoms with Gasteiger partial charge in [-0.25, -0.2) is 0 Å². The van der Waals surface area contributed by atoms with Gasteiger partial charge in [-0.05, 0) is 82.8 Å². The lowest BCUT2D eigenvalue weighted by Gasteiger charge is -2.28. The maximum absolute atomic E-state index is 12.8. The van der Waals surface area contributed by atoms with Gasteiger partial charge in [0, 0.05) is 25.7 Å². The summed E-state index contributed by atoms with van der Waals surface area (Å²) >= 11 is 0. The summed E-state index contributed by atoms with van der Waals surface area (Å²) in [5.74, 6) is 1.17. The van der Waals surface area contributed by atoms with Crippen LogP contribution in [0.3, 0.4) is 0 Å². The van der Waals surface area contributed by atoms with Gasteiger partial charge in [-0.15, -0.1) is 0 Å². The molecule has 3 atom stereocenters. The normalized spacial score (nSPS) is 14.6. The minimum Gasteiger partial charge on any atom is -0.756 e. The average Bonchev–Trinajstić information content (AvgIpc) is 3.46. The van der Waals surface area contributed by atoms with Crippen molar-refractivity contribution < 1.29 is 51.6 Å². The molecule has 0 bridgehead atoms. The first-order chi connectivity index (χ1) is 28.7. The highest BCUT2D eigenvalue weighted by Crippen LogP contribution is 2.38. The Kier molecular flexibility index (Phi) is 30.7. The Bertz CT molecular complexity index is 1500. The second-order valence-corrected chi connectivity index (χ2v) is 17.9. The van der Waals surface area contributed by atoms with Crippen molar-refractivity contribution in [3.8, 4) is 0 Å². The van der Waals surface area contributed by atoms with Crippen molar-refractivity contribution in [2.24, 2.45) is 0 Å². The van der Waals surface area contributed by atoms with Crippen LogP contribution in [0.2, 0.25) is 0 Å². The molecule has 1 N–H and O–H groups in total. The van der Waals surface area contributed by atoms with Crippen LogP contribution < -0.4 is 4.89 Å². The van der Waals surface area contributed by atoms with Crippen molar-refractivity contribution in [1.29, 1.82) is 0 Å². The number of esters is 2. The highest BCUT2D eigenvalue weighted by Gasteiger charge is 2.22. The lowest BCUT2D eigenvalue weighted by Crippen LogP contribution is -2.37. The molecule has 11 nitrogen and oxygen atoms in total. The zero-order valence-electron chi connectivity index (χ0n) is 38.2. The molecule has 12 heteroatoms. The van der Waals surface area contributed by atoms with Crippen molar-refractivity contribution in [2.45, 2.75) is 162 Å². The van der Waals surface area contributed by atoms with E-state index in [0.29, 0.717) is 30.3 Å². The molecule has 0 saturated carbocycles. The number of carbonyl (C=O) groups is 2. The zero-order valence-corrected chi connectivity index (χ0v) is 39.1. The Balaban J connectivity index is 2.47. The molecule has 0 spiro atoms. The van der Waals surface area contributed by atoms with Crippen LogP contribution >= 0.6 is 7.82 Å². The van der Waals surface area contributed by atoms with E-state index in [1.165, 1.54) is 24.0 Å². The van der Waals surface area contributed by atoms with Gasteiger partial charge < -0.3 is 37.4 Å². The SMILES string of the molecule is CC/C=C\C/C=C\C/C=C\C/C=C\C=C\C(O)CCCC(=O)OC[C@H](COP(=O)([O-])OCC[N+](C)(C)C)OC(=O)CCCCCCCCc1oc(CCCCC)c(C)c1C. The summed E-state index contributed by atoms with van der Waals surface area (Å²) in [4.78, 5) is 37.7. The third-order valence-electron chi connectivity index (χ3n) is 9.86. The summed E-state index contributed by atoms with van der Waals surface area (Å²) in [7, 11) is 1.02. The van der Waals surface area contributed by atoms with E-state index in [4.69, 9.17) is 22.9 Å². The molecule has 342 valence electrons. The van der Waals surface area contributed by atoms with Gasteiger partial charge in [0.1, 0.15) is 31.3 Å². The first-order valence-corrected chi connectivity index (χ1v) is 23.9. The molecule has 1 aromatic heterocycles. The first-order valence-electron chi connectivity index (χ1n) is 22.5. The smallest absolute Gasteiger partial charge is 0.306 e. The average molecular weight is 862 g/mol. The number of hydrogen-bond donors (Lipinski definition) is 1. The Morgan fingerprint density at radius 3 is 1.92 bits per heavy atom. The maximum Gasteiger partial charge on any atom is 0.306 e. The number of unbranched alkanes of at least 4 members (excludes halogenated alkanes) is 7. The van der Waals surface area contributed by atoms with Crippen LogP contribution in [0, 0.1) is 13.8 Å². The van der Waals surface area contributed by atoms with Gasteiger partial charge in [0.2, 0.25) is 0 Å². The van der Waals surface area contributed by atoms with Gasteiger partial charge in [0.05, 0.1) is 33.9 Å². The number of nitrogens with zero attached hydrogens (tertiary/aromatic N) is 1. The molecule has 0 saturated heterocycles. The molecule has 1 aromatic rings. The summed E-state index contributed by atoms with van der Waals surface area (Å²) in [6, 6.07) is 0. The van der Waals surface area contributed by atoms with Crippen LogP contribution in [0.15, 0.2) is 65.2 Å². The fourth-order valence-electron chi connectivity index (χ4n) is 6.04. The molecular weight excluding hydrogens is 781 g/mol. The maximum atomic E-state index is 12.8. The highest BCUT2D eigenvalue weighted by atomic mass is 31.2. The van der Waals surface area contributed by atoms with Crippen molar-refractivity contribution >= 4 is 19.8 Å². The number of hydrogen-bond acceptors (Lipinski definition) is 10. The van der Waals surface area contributed by atoms with E-state index < -0.39 is 38.6 Å². The third-order valence-corrected chi connectivity index (χ3v) is 10.8. The fourth-order valence-corrected chi connectivity index (χ4v) is 6.77. The lowest BCUT2D eigenvalue weighted by atomic mass is 10.0. The predicted molar refractivity (Wildman–Crippen MR) is 240 cm³/mol. The van der Waals surface area contributed by atoms with Gasteiger partial charge in [0.25, 0.3) is 7.82 Å². The van der Waals surface area contributed by atoms with Gasteiger partial charge in [-0.1, -0.05) is 113 Å². The van der Waals surface area contributed by atoms with Crippen LogP contribution in [-0.4, -0.2) is 81.2 Å². The Morgan fingerprint density at radius 1 is 0.733 bits per heavy atom. The summed E-state index contributed by atoms with van der Waals surface area (Å²) in [5.41, 5.74) is 2.57. The van der Waals surface area contributed by atoms with Crippen LogP contribution in [0.25, 0.3) is 0 Å². The number of aryl methyl sites for hydroxylation is 2. The molecule has 0 aliphatic rings. The molecule has 0 amide bonds. The second kappa shape index (κ2) is 33.6. The number of rotatable bonds is 36. The number of allylic oxidation sites excluding steroid dienone is 9. The number of furan rings is 1. The molecular formula is C48H80NO10P. The van der Waals surface area contributed by atoms with Crippen LogP contribution in [-0.2, 0) is 45.5 Å². The van der Waals surface area contributed by atoms with Crippen molar-refractivity contribution in [3.05, 3.63) is 83.4 Å². The van der Waals surface area contributed by atoms with Crippen LogP contribution in [0.5, 0.6) is 0 Å². The number of ether oxygens (including phenoxy) is 2. The van der Waals surface area contributed by atoms with Gasteiger partial charge >= 0.3 is 11.9 Å². The number of phosphoric acid groups is 1. The van der Waals surface area contributed by atoms with E-state index >= 15 is 0 Å². The quantitative estimate of drug-likeness (QED) is 0.0173. The number of quaternary nitrogens is 1. The van der Waals surface area contributed by atoms with E-state index in [2.05, 4.69) is 64.2 Å². The topological polar surface area (TPSA) is 145 Å². The summed E-state index contributed by atoms with van der Waals surface area (Å²) in [5, 5.41) is 10.3. The second-order valence-electron chi connectivity index (χ2n) is 16.5. The number of aliphatic hydroxyl groups is 1. The highest BCUT2D eigenvalue weighted by molar-refractivity contribution is 7.45. The van der Waals surface area contributed by atoms with Crippen molar-refractivity contribution in [1.82, 2.24) is 0 Å². The Labute approximate surface area is 363 Å². The van der Waals surface area contributed by atoms with E-state index in [-0.39, 0.29) is 26.1 Å². The van der Waals surface area contributed by atoms with E-state index in [1.54, 1.807) is 12.2 Å². The molecule has 2 unspecified atom stereocenters. The minimum atomic E-state index is -4.69. The zero-order chi connectivity index (χ0) is 44.5. The Hall–Kier alpha value is -3.05. The van der Waals surface area contributed by atoms with Gasteiger partial charge in [0.15, 0.2) is 6.10 Å². The molecule has 1 heterocycles. The molecule has 0 radical (unpaired) electrons. The molecule has 0 aliphatic heterocycles. The standard InChI is InChI=1S/C48H80NO10P/c1-8-10-12-13-14-15-16-17-18-19-20-23-27-31-43(50)32-30-36-47(51)55-39-44(40-57-60(53,54)56-38-37-49(5,6)7)58-48(52)35-29-25-22-21-24-28-34-46-42(4)41(3)45(59-46)33-26-11-9-2/h10,12,14-15,17-18,20,23,27,31,43-44,50H,8-9,11,13,16,19,21-22,24-26,28-30,32-40H2,1-7H3/b12-10-,15-14-,18-17-,23-20-,31-27+/t43?,44-/m1/s1. The van der Waals surface area contributed by atoms with E-state index in [9.17, 15) is 24.2 Å². The summed E-state index contributed by atoms with van der Waals surface area (Å²) < 4.78 is 40.0. The van der Waals surface area contributed by atoms with Crippen molar-refractivity contribution in [2.75, 3.05) is 47.5 Å². The Morgan fingerprint density at radius 2 is 1.30 bits per heavy atom. The largest absolute Gasteiger partial charge is 0.756 e. The number of carbonyl (C=O) groups excluding carboxylic acids is 2. The summed E-state index contributed by atoms with van der Waals surface area (Å²) in [6.07, 6.45) is 34.1. The molecule has 0 aromatic carbocycles. The number of aliphatic hydroxyl groups excluding tert-OH is 1. The van der Waals surface area contributed by atoms with E-state index in [0.717, 1.165) is 88.6 Å². The lowest BCUT2D eigenvalue weighted by molar-refractivity contribution is -0.870. The fraction of sp³-hybridized carbons (Fsp3) is 0.667. The van der Waals surface area contributed by atoms with Crippen molar-refractivity contribution in [3.63, 3.8) is 0 Å². The molecule has 0 aliphatic carbocycles. The van der Waals surface area contributed by atoms with Crippen LogP contribution in [0.4, 0.5) is 0 Å². The van der Waals surface area contributed by atoms with E-state index in [1.807, 2.05) is 33.3 Å². The minimum absolute atomic E-state index is 0.0332. The number of likely N-dealkylation sites (N-methyl/N-ethyl adjacent to an activating group) is 1. The van der Waals surface area contributed by atoms with Crippen LogP contribution in [0.1, 0.15) is 146 Å². The summed E-state index contributed by atoms with van der Waals surface area (Å²) in [6.45, 7) is 8.09.